The second kappa shape index (κ2) is 8.60. The van der Waals surface area contributed by atoms with Gasteiger partial charge in [-0.05, 0) is 44.4 Å². The molecule has 1 aliphatic rings. The van der Waals surface area contributed by atoms with Crippen molar-refractivity contribution in [3.05, 3.63) is 22.4 Å². The van der Waals surface area contributed by atoms with E-state index in [0.29, 0.717) is 31.3 Å². The average molecular weight is 416 g/mol. The number of aryl methyl sites for hydroxylation is 2. The first-order chi connectivity index (χ1) is 13.2. The fourth-order valence-corrected chi connectivity index (χ4v) is 4.36. The van der Waals surface area contributed by atoms with Crippen molar-refractivity contribution in [3.8, 4) is 10.8 Å². The summed E-state index contributed by atoms with van der Waals surface area (Å²) in [6.45, 7) is 4.34. The molecule has 10 heteroatoms. The lowest BCUT2D eigenvalue weighted by molar-refractivity contribution is -0.141. The Morgan fingerprint density at radius 3 is 2.89 bits per heavy atom. The third kappa shape index (κ3) is 5.32. The molecule has 1 saturated heterocycles. The fourth-order valence-electron chi connectivity index (χ4n) is 3.33. The highest BCUT2D eigenvalue weighted by Gasteiger charge is 2.31. The molecule has 0 bridgehead atoms. The van der Waals surface area contributed by atoms with Crippen LogP contribution in [0.15, 0.2) is 10.5 Å². The Kier molecular flexibility index (Phi) is 6.39. The van der Waals surface area contributed by atoms with Crippen LogP contribution in [0.5, 0.6) is 0 Å². The van der Waals surface area contributed by atoms with Crippen LogP contribution in [-0.2, 0) is 17.8 Å². The minimum atomic E-state index is -4.40. The molecule has 1 unspecified atom stereocenters. The van der Waals surface area contributed by atoms with Crippen molar-refractivity contribution in [2.24, 2.45) is 5.92 Å². The van der Waals surface area contributed by atoms with Gasteiger partial charge in [0.2, 0.25) is 11.8 Å². The van der Waals surface area contributed by atoms with E-state index in [1.807, 2.05) is 23.2 Å². The molecule has 0 radical (unpaired) electrons. The molecule has 0 aromatic carbocycles. The number of hydrogen-bond acceptors (Lipinski definition) is 6. The summed E-state index contributed by atoms with van der Waals surface area (Å²) in [6, 6.07) is 2.03. The monoisotopic (exact) mass is 416 g/mol. The van der Waals surface area contributed by atoms with E-state index in [-0.39, 0.29) is 0 Å². The van der Waals surface area contributed by atoms with Crippen molar-refractivity contribution < 1.29 is 22.4 Å². The number of nitrogens with zero attached hydrogens (tertiary/aromatic N) is 3. The van der Waals surface area contributed by atoms with E-state index < -0.39 is 24.5 Å². The van der Waals surface area contributed by atoms with E-state index in [2.05, 4.69) is 17.1 Å². The lowest BCUT2D eigenvalue weighted by Gasteiger charge is -2.31. The van der Waals surface area contributed by atoms with Crippen molar-refractivity contribution in [1.82, 2.24) is 20.4 Å². The fraction of sp³-hybridized carbons (Fsp3) is 0.611. The lowest BCUT2D eigenvalue weighted by Crippen LogP contribution is -2.44. The summed E-state index contributed by atoms with van der Waals surface area (Å²) in [7, 11) is 0. The third-order valence-electron chi connectivity index (χ3n) is 4.72. The van der Waals surface area contributed by atoms with Crippen LogP contribution in [0.3, 0.4) is 0 Å². The Hall–Kier alpha value is -1.94. The molecule has 0 saturated carbocycles. The maximum atomic E-state index is 12.3. The molecule has 0 spiro atoms. The number of nitrogens with one attached hydrogen (secondary N) is 1. The van der Waals surface area contributed by atoms with Gasteiger partial charge in [0.05, 0.1) is 17.3 Å². The molecule has 3 rings (SSSR count). The third-order valence-corrected chi connectivity index (χ3v) is 6.09. The van der Waals surface area contributed by atoms with E-state index in [0.717, 1.165) is 24.3 Å². The van der Waals surface area contributed by atoms with E-state index in [4.69, 9.17) is 4.42 Å². The molecule has 1 amide bonds. The van der Waals surface area contributed by atoms with Crippen molar-refractivity contribution in [1.29, 1.82) is 0 Å². The number of halogens is 3. The van der Waals surface area contributed by atoms with Gasteiger partial charge in [-0.15, -0.1) is 21.5 Å². The molecule has 0 aliphatic carbocycles. The largest absolute Gasteiger partial charge is 0.419 e. The summed E-state index contributed by atoms with van der Waals surface area (Å²) in [5.74, 6) is -0.116. The molecule has 6 nitrogen and oxygen atoms in total. The molecular formula is C18H23F3N4O2S. The highest BCUT2D eigenvalue weighted by molar-refractivity contribution is 7.15. The molecule has 2 aromatic heterocycles. The van der Waals surface area contributed by atoms with Crippen LogP contribution < -0.4 is 5.32 Å². The number of hydrogen-bond donors (Lipinski definition) is 1. The summed E-state index contributed by atoms with van der Waals surface area (Å²) >= 11 is 1.63. The first-order valence-electron chi connectivity index (χ1n) is 9.24. The molecule has 1 fully saturated rings. The van der Waals surface area contributed by atoms with Gasteiger partial charge < -0.3 is 9.73 Å². The topological polar surface area (TPSA) is 71.3 Å². The van der Waals surface area contributed by atoms with Gasteiger partial charge in [-0.1, -0.05) is 6.92 Å². The molecule has 1 N–H and O–H groups in total. The second-order valence-electron chi connectivity index (χ2n) is 6.98. The lowest BCUT2D eigenvalue weighted by atomic mass is 9.97. The molecule has 28 heavy (non-hydrogen) atoms. The van der Waals surface area contributed by atoms with Crippen LogP contribution in [0.1, 0.15) is 36.1 Å². The number of carbonyl (C=O) groups excluding carboxylic acids is 1. The predicted octanol–water partition coefficient (Wildman–Crippen LogP) is 3.56. The van der Waals surface area contributed by atoms with Crippen LogP contribution in [0.25, 0.3) is 10.8 Å². The SMILES string of the molecule is CCc1sc(-c2nnc(CN3CCCC(C(=O)NCC(F)(F)F)C3)o2)cc1C. The van der Waals surface area contributed by atoms with Crippen LogP contribution in [-0.4, -0.2) is 46.8 Å². The van der Waals surface area contributed by atoms with E-state index >= 15 is 0 Å². The Balaban J connectivity index is 1.58. The smallest absolute Gasteiger partial charge is 0.405 e. The van der Waals surface area contributed by atoms with Crippen LogP contribution in [0.2, 0.25) is 0 Å². The van der Waals surface area contributed by atoms with Crippen molar-refractivity contribution in [3.63, 3.8) is 0 Å². The average Bonchev–Trinajstić information content (AvgIpc) is 3.25. The van der Waals surface area contributed by atoms with Gasteiger partial charge in [0.15, 0.2) is 0 Å². The number of alkyl halides is 3. The normalized spacial score (nSPS) is 18.4. The highest BCUT2D eigenvalue weighted by atomic mass is 32.1. The Morgan fingerprint density at radius 2 is 2.21 bits per heavy atom. The van der Waals surface area contributed by atoms with Gasteiger partial charge in [-0.25, -0.2) is 0 Å². The number of likely N-dealkylation sites (tertiary alicyclic amines) is 1. The molecule has 1 atom stereocenters. The predicted molar refractivity (Wildman–Crippen MR) is 98.8 cm³/mol. The van der Waals surface area contributed by atoms with Gasteiger partial charge >= 0.3 is 6.18 Å². The second-order valence-corrected chi connectivity index (χ2v) is 8.12. The zero-order valence-corrected chi connectivity index (χ0v) is 16.6. The zero-order valence-electron chi connectivity index (χ0n) is 15.8. The molecular weight excluding hydrogens is 393 g/mol. The first-order valence-corrected chi connectivity index (χ1v) is 10.1. The molecule has 2 aromatic rings. The summed E-state index contributed by atoms with van der Waals surface area (Å²) < 4.78 is 42.6. The van der Waals surface area contributed by atoms with Gasteiger partial charge in [0.1, 0.15) is 6.54 Å². The summed E-state index contributed by atoms with van der Waals surface area (Å²) in [6.07, 6.45) is -2.15. The van der Waals surface area contributed by atoms with Crippen molar-refractivity contribution in [2.75, 3.05) is 19.6 Å². The molecule has 1 aliphatic heterocycles. The Bertz CT molecular complexity index is 818. The Morgan fingerprint density at radius 1 is 1.43 bits per heavy atom. The van der Waals surface area contributed by atoms with Crippen molar-refractivity contribution >= 4 is 17.2 Å². The number of aromatic nitrogens is 2. The van der Waals surface area contributed by atoms with E-state index in [1.165, 1.54) is 10.4 Å². The van der Waals surface area contributed by atoms with Crippen LogP contribution >= 0.6 is 11.3 Å². The highest BCUT2D eigenvalue weighted by Crippen LogP contribution is 2.31. The Labute approximate surface area is 165 Å². The first kappa shape index (κ1) is 20.8. The van der Waals surface area contributed by atoms with Crippen LogP contribution in [0.4, 0.5) is 13.2 Å². The van der Waals surface area contributed by atoms with Gasteiger partial charge in [-0.3, -0.25) is 9.69 Å². The zero-order chi connectivity index (χ0) is 20.3. The van der Waals surface area contributed by atoms with Gasteiger partial charge in [0, 0.05) is 11.4 Å². The number of thiophene rings is 1. The minimum absolute atomic E-state index is 0.375. The summed E-state index contributed by atoms with van der Waals surface area (Å²) in [4.78, 5) is 16.2. The van der Waals surface area contributed by atoms with Gasteiger partial charge in [-0.2, -0.15) is 13.2 Å². The standard InChI is InChI=1S/C18H23F3N4O2S/c1-3-13-11(2)7-14(28-13)17-24-23-15(27-17)9-25-6-4-5-12(8-25)16(26)22-10-18(19,20)21/h7,12H,3-6,8-10H2,1-2H3,(H,22,26). The van der Waals surface area contributed by atoms with E-state index in [1.54, 1.807) is 11.3 Å². The quantitative estimate of drug-likeness (QED) is 0.780. The number of rotatable bonds is 6. The van der Waals surface area contributed by atoms with Gasteiger partial charge in [0.25, 0.3) is 5.89 Å². The van der Waals surface area contributed by atoms with Crippen LogP contribution in [0, 0.1) is 12.8 Å². The number of piperidine rings is 1. The summed E-state index contributed by atoms with van der Waals surface area (Å²) in [5, 5.41) is 10.2. The van der Waals surface area contributed by atoms with E-state index in [9.17, 15) is 18.0 Å². The summed E-state index contributed by atoms with van der Waals surface area (Å²) in [5.41, 5.74) is 1.20. The number of carbonyl (C=O) groups is 1. The minimum Gasteiger partial charge on any atom is -0.419 e. The molecule has 154 valence electrons. The maximum Gasteiger partial charge on any atom is 0.405 e. The number of amides is 1. The molecule has 3 heterocycles. The van der Waals surface area contributed by atoms with Crippen molar-refractivity contribution in [2.45, 2.75) is 45.8 Å². The maximum absolute atomic E-state index is 12.3.